The number of amidine groups is 2. The number of aromatic nitrogens is 6. The molecule has 0 atom stereocenters. The Labute approximate surface area is 389 Å². The number of hydrogen-bond donors (Lipinski definition) is 2. The molecule has 4 aromatic heterocycles. The van der Waals surface area contributed by atoms with Crippen LogP contribution in [0.4, 0.5) is 11.4 Å². The number of morpholine rings is 1. The molecule has 7 heterocycles. The van der Waals surface area contributed by atoms with Gasteiger partial charge in [-0.3, -0.25) is 38.6 Å². The highest BCUT2D eigenvalue weighted by Crippen LogP contribution is 2.34. The van der Waals surface area contributed by atoms with E-state index in [1.54, 1.807) is 98.2 Å². The van der Waals surface area contributed by atoms with Crippen LogP contribution >= 0.6 is 0 Å². The van der Waals surface area contributed by atoms with Crippen LogP contribution in [0.1, 0.15) is 75.5 Å². The van der Waals surface area contributed by atoms with Crippen LogP contribution < -0.4 is 9.80 Å². The van der Waals surface area contributed by atoms with E-state index in [2.05, 4.69) is 53.2 Å². The lowest BCUT2D eigenvalue weighted by atomic mass is 10.1. The molecule has 17 nitrogen and oxygen atoms in total. The number of ether oxygens (including phenoxy) is 1. The molecule has 1 fully saturated rings. The van der Waals surface area contributed by atoms with Crippen molar-refractivity contribution in [3.8, 4) is 22.5 Å². The number of pyridine rings is 2. The van der Waals surface area contributed by atoms with Crippen LogP contribution in [0.2, 0.25) is 0 Å². The van der Waals surface area contributed by atoms with Gasteiger partial charge in [-0.2, -0.15) is 20.2 Å². The molecule has 0 aliphatic carbocycles. The monoisotopic (exact) mass is 905 g/mol. The molecule has 9 rings (SSSR count). The fourth-order valence-electron chi connectivity index (χ4n) is 8.29. The molecule has 0 radical (unpaired) electrons. The van der Waals surface area contributed by atoms with E-state index in [1.165, 1.54) is 5.56 Å². The Hall–Kier alpha value is -7.05. The van der Waals surface area contributed by atoms with E-state index < -0.39 is 17.1 Å². The molecular weight excluding hydrogens is 851 g/mol. The number of aliphatic hydroxyl groups is 2. The third-order valence-electron chi connectivity index (χ3n) is 11.4. The average Bonchev–Trinajstić information content (AvgIpc) is 4.09. The molecule has 2 N–H and O–H groups in total. The standard InChI is InChI=1S/C27H32N6O3.C23H23N5O3/c1-27(2,35)18-33-24-5-4-19(16-32-8-10-36-11-9-32)12-21(24)14-25(33)30-26(34)20-6-7-28-23(13-20)22-15-29-31(3)17-22;1-23(2,31)14-28-20-5-4-15(13-29)8-17(20)10-21(28)26-22(30)16-6-7-24-19(9-16)18-11-25-27(3)12-18/h4-7,12-13,15,17,35H,8-11,14,16,18H2,1-3H3;4-9,11-13,31H,10,14H2,1-3H3. The molecule has 3 aliphatic heterocycles. The Bertz CT molecular complexity index is 2860. The minimum Gasteiger partial charge on any atom is -0.389 e. The van der Waals surface area contributed by atoms with Gasteiger partial charge in [-0.15, -0.1) is 0 Å². The van der Waals surface area contributed by atoms with Gasteiger partial charge in [0.05, 0.1) is 61.3 Å². The Kier molecular flexibility index (Phi) is 13.5. The first-order valence-corrected chi connectivity index (χ1v) is 22.1. The first-order valence-electron chi connectivity index (χ1n) is 22.1. The third-order valence-corrected chi connectivity index (χ3v) is 11.4. The van der Waals surface area contributed by atoms with Gasteiger partial charge in [0.15, 0.2) is 0 Å². The molecule has 346 valence electrons. The van der Waals surface area contributed by atoms with E-state index in [4.69, 9.17) is 4.74 Å². The molecule has 0 spiro atoms. The van der Waals surface area contributed by atoms with Crippen molar-refractivity contribution < 1.29 is 29.3 Å². The number of fused-ring (bicyclic) bond motifs is 2. The van der Waals surface area contributed by atoms with E-state index in [1.807, 2.05) is 42.4 Å². The first-order chi connectivity index (χ1) is 32.0. The van der Waals surface area contributed by atoms with Gasteiger partial charge in [0.25, 0.3) is 11.8 Å². The Balaban J connectivity index is 0.000000184. The van der Waals surface area contributed by atoms with Crippen molar-refractivity contribution in [1.82, 2.24) is 34.4 Å². The summed E-state index contributed by atoms with van der Waals surface area (Å²) in [6, 6.07) is 18.5. The molecular formula is C50H55N11O6. The second kappa shape index (κ2) is 19.4. The van der Waals surface area contributed by atoms with E-state index >= 15 is 0 Å². The van der Waals surface area contributed by atoms with Crippen molar-refractivity contribution in [2.24, 2.45) is 24.1 Å². The number of anilines is 2. The van der Waals surface area contributed by atoms with Crippen molar-refractivity contribution in [2.75, 3.05) is 49.2 Å². The van der Waals surface area contributed by atoms with Crippen LogP contribution in [0.25, 0.3) is 22.5 Å². The smallest absolute Gasteiger partial charge is 0.278 e. The van der Waals surface area contributed by atoms with Gasteiger partial charge in [-0.1, -0.05) is 12.1 Å². The van der Waals surface area contributed by atoms with E-state index in [9.17, 15) is 24.6 Å². The minimum absolute atomic E-state index is 0.268. The summed E-state index contributed by atoms with van der Waals surface area (Å²) in [7, 11) is 3.65. The molecule has 6 aromatic rings. The maximum atomic E-state index is 13.2. The summed E-state index contributed by atoms with van der Waals surface area (Å²) in [5.74, 6) is 0.441. The van der Waals surface area contributed by atoms with Crippen LogP contribution in [0.15, 0.2) is 108 Å². The lowest BCUT2D eigenvalue weighted by molar-refractivity contribution is 0.0342. The highest BCUT2D eigenvalue weighted by atomic mass is 16.5. The maximum Gasteiger partial charge on any atom is 0.278 e. The lowest BCUT2D eigenvalue weighted by Crippen LogP contribution is -2.40. The van der Waals surface area contributed by atoms with Crippen LogP contribution in [-0.2, 0) is 38.2 Å². The SMILES string of the molecule is Cn1cc(-c2cc(C(=O)N=C3Cc4cc(C=O)ccc4N3CC(C)(C)O)ccn2)cn1.Cn1cc(-c2cc(C(=O)N=C3Cc4cc(CN5CCOCC5)ccc4N3CC(C)(C)O)ccn2)cn1. The van der Waals surface area contributed by atoms with E-state index in [0.29, 0.717) is 59.1 Å². The number of rotatable bonds is 11. The Morgan fingerprint density at radius 2 is 1.19 bits per heavy atom. The summed E-state index contributed by atoms with van der Waals surface area (Å²) in [5, 5.41) is 29.3. The average molecular weight is 906 g/mol. The predicted molar refractivity (Wildman–Crippen MR) is 255 cm³/mol. The van der Waals surface area contributed by atoms with Crippen LogP contribution in [0, 0.1) is 0 Å². The summed E-state index contributed by atoms with van der Waals surface area (Å²) >= 11 is 0. The quantitative estimate of drug-likeness (QED) is 0.158. The number of β-amino-alcohol motifs (C(OH)–C–C–N with tert-alkyl or cyclic N) is 2. The molecule has 2 aromatic carbocycles. The van der Waals surface area contributed by atoms with Crippen molar-refractivity contribution in [1.29, 1.82) is 0 Å². The molecule has 0 bridgehead atoms. The molecule has 17 heteroatoms. The second-order valence-electron chi connectivity index (χ2n) is 18.3. The number of aldehydes is 1. The van der Waals surface area contributed by atoms with E-state index in [-0.39, 0.29) is 12.5 Å². The normalized spacial score (nSPS) is 16.2. The largest absolute Gasteiger partial charge is 0.389 e. The zero-order valence-electron chi connectivity index (χ0n) is 38.6. The molecule has 0 saturated carbocycles. The highest BCUT2D eigenvalue weighted by Gasteiger charge is 2.33. The minimum atomic E-state index is -1.00. The predicted octanol–water partition coefficient (Wildman–Crippen LogP) is 5.35. The Morgan fingerprint density at radius 1 is 0.701 bits per heavy atom. The van der Waals surface area contributed by atoms with Crippen molar-refractivity contribution in [3.63, 3.8) is 0 Å². The fraction of sp³-hybridized carbons (Fsp3) is 0.340. The van der Waals surface area contributed by atoms with Gasteiger partial charge in [-0.25, -0.2) is 0 Å². The van der Waals surface area contributed by atoms with Crippen molar-refractivity contribution in [3.05, 3.63) is 131 Å². The summed E-state index contributed by atoms with van der Waals surface area (Å²) in [6.07, 6.45) is 12.0. The van der Waals surface area contributed by atoms with Crippen molar-refractivity contribution in [2.45, 2.75) is 58.3 Å². The molecule has 2 amide bonds. The molecule has 0 unspecified atom stereocenters. The van der Waals surface area contributed by atoms with Gasteiger partial charge in [-0.05, 0) is 92.9 Å². The summed E-state index contributed by atoms with van der Waals surface area (Å²) in [6.45, 7) is 11.8. The number of aliphatic imine (C=N–C) groups is 2. The highest BCUT2D eigenvalue weighted by molar-refractivity contribution is 6.14. The zero-order chi connectivity index (χ0) is 47.5. The van der Waals surface area contributed by atoms with Gasteiger partial charge < -0.3 is 24.7 Å². The molecule has 1 saturated heterocycles. The summed E-state index contributed by atoms with van der Waals surface area (Å²) in [5.41, 5.74) is 7.49. The summed E-state index contributed by atoms with van der Waals surface area (Å²) < 4.78 is 8.83. The van der Waals surface area contributed by atoms with Crippen molar-refractivity contribution >= 4 is 41.1 Å². The van der Waals surface area contributed by atoms with Gasteiger partial charge in [0.1, 0.15) is 18.0 Å². The number of amides is 2. The first kappa shape index (κ1) is 46.5. The van der Waals surface area contributed by atoms with Gasteiger partial charge in [0.2, 0.25) is 0 Å². The van der Waals surface area contributed by atoms with Crippen LogP contribution in [0.5, 0.6) is 0 Å². The molecule has 3 aliphatic rings. The third kappa shape index (κ3) is 11.5. The van der Waals surface area contributed by atoms with Crippen LogP contribution in [0.3, 0.4) is 0 Å². The number of hydrogen-bond acceptors (Lipinski definition) is 11. The Morgan fingerprint density at radius 3 is 1.66 bits per heavy atom. The molecule has 67 heavy (non-hydrogen) atoms. The lowest BCUT2D eigenvalue weighted by Gasteiger charge is -2.28. The maximum absolute atomic E-state index is 13.2. The van der Waals surface area contributed by atoms with Crippen LogP contribution in [-0.4, -0.2) is 125 Å². The van der Waals surface area contributed by atoms with E-state index in [0.717, 1.165) is 72.8 Å². The second-order valence-corrected chi connectivity index (χ2v) is 18.3. The van der Waals surface area contributed by atoms with Gasteiger partial charge in [0, 0.05) is 111 Å². The number of aryl methyl sites for hydroxylation is 2. The number of carbonyl (C=O) groups is 3. The fourth-order valence-corrected chi connectivity index (χ4v) is 8.29. The number of benzene rings is 2. The van der Waals surface area contributed by atoms with Gasteiger partial charge >= 0.3 is 0 Å². The zero-order valence-corrected chi connectivity index (χ0v) is 38.6. The summed E-state index contributed by atoms with van der Waals surface area (Å²) in [4.78, 5) is 61.2. The number of nitrogens with zero attached hydrogens (tertiary/aromatic N) is 11. The number of carbonyl (C=O) groups excluding carboxylic acids is 3. The topological polar surface area (TPSA) is 197 Å².